The van der Waals surface area contributed by atoms with Crippen molar-refractivity contribution in [3.8, 4) is 0 Å². The maximum absolute atomic E-state index is 4.39. The Labute approximate surface area is 108 Å². The van der Waals surface area contributed by atoms with E-state index < -0.39 is 0 Å². The van der Waals surface area contributed by atoms with Crippen molar-refractivity contribution in [3.05, 3.63) is 16.6 Å². The Morgan fingerprint density at radius 3 is 2.69 bits per heavy atom. The van der Waals surface area contributed by atoms with Gasteiger partial charge in [-0.25, -0.2) is 4.98 Å². The number of rotatable bonds is 3. The molecule has 5 heteroatoms. The molecule has 1 aromatic rings. The van der Waals surface area contributed by atoms with Crippen LogP contribution in [0.3, 0.4) is 0 Å². The third-order valence-electron chi connectivity index (χ3n) is 3.29. The maximum Gasteiger partial charge on any atom is 0.109 e. The maximum atomic E-state index is 4.39. The summed E-state index contributed by atoms with van der Waals surface area (Å²) < 4.78 is 0. The summed E-state index contributed by atoms with van der Waals surface area (Å²) in [7, 11) is 2.06. The highest BCUT2D eigenvalue weighted by Gasteiger charge is 2.23. The first-order valence-corrected chi connectivity index (χ1v) is 6.50. The summed E-state index contributed by atoms with van der Waals surface area (Å²) in [5.41, 5.74) is 0. The molecule has 1 atom stereocenters. The molecule has 1 fully saturated rings. The van der Waals surface area contributed by atoms with E-state index in [0.29, 0.717) is 12.1 Å². The molecule has 1 aromatic heterocycles. The number of likely N-dealkylation sites (tertiary alicyclic amines) is 1. The van der Waals surface area contributed by atoms with Gasteiger partial charge < -0.3 is 5.32 Å². The van der Waals surface area contributed by atoms with Crippen LogP contribution >= 0.6 is 23.7 Å². The fourth-order valence-corrected chi connectivity index (χ4v) is 2.90. The number of hydrogen-bond acceptors (Lipinski definition) is 4. The van der Waals surface area contributed by atoms with Crippen LogP contribution in [0.2, 0.25) is 0 Å². The van der Waals surface area contributed by atoms with E-state index in [1.165, 1.54) is 30.9 Å². The third kappa shape index (κ3) is 3.17. The standard InChI is InChI=1S/C11H19N3S.ClH/c1-9(11-13-5-8-15-11)14-6-3-10(12-2)4-7-14;/h5,8-10,12H,3-4,6-7H2,1-2H3;1H. The van der Waals surface area contributed by atoms with Crippen molar-refractivity contribution in [1.29, 1.82) is 0 Å². The Morgan fingerprint density at radius 1 is 1.50 bits per heavy atom. The fraction of sp³-hybridized carbons (Fsp3) is 0.727. The minimum absolute atomic E-state index is 0. The van der Waals surface area contributed by atoms with Crippen LogP contribution in [-0.4, -0.2) is 36.1 Å². The quantitative estimate of drug-likeness (QED) is 0.905. The van der Waals surface area contributed by atoms with Gasteiger partial charge in [0.25, 0.3) is 0 Å². The first-order valence-electron chi connectivity index (χ1n) is 5.62. The third-order valence-corrected chi connectivity index (χ3v) is 4.24. The number of halogens is 1. The topological polar surface area (TPSA) is 28.2 Å². The molecule has 1 saturated heterocycles. The van der Waals surface area contributed by atoms with Crippen molar-refractivity contribution in [2.24, 2.45) is 0 Å². The number of thiazole rings is 1. The Hall–Kier alpha value is -0.160. The van der Waals surface area contributed by atoms with Gasteiger partial charge >= 0.3 is 0 Å². The molecule has 0 aliphatic carbocycles. The second-order valence-corrected chi connectivity index (χ2v) is 5.07. The molecule has 0 saturated carbocycles. The van der Waals surface area contributed by atoms with Gasteiger partial charge in [0.2, 0.25) is 0 Å². The number of nitrogens with zero attached hydrogens (tertiary/aromatic N) is 2. The van der Waals surface area contributed by atoms with Gasteiger partial charge in [-0.1, -0.05) is 0 Å². The van der Waals surface area contributed by atoms with E-state index >= 15 is 0 Å². The van der Waals surface area contributed by atoms with Crippen molar-refractivity contribution in [3.63, 3.8) is 0 Å². The lowest BCUT2D eigenvalue weighted by molar-refractivity contribution is 0.155. The van der Waals surface area contributed by atoms with Gasteiger partial charge in [0.1, 0.15) is 5.01 Å². The molecule has 1 aliphatic rings. The largest absolute Gasteiger partial charge is 0.317 e. The SMILES string of the molecule is CNC1CCN(C(C)c2nccs2)CC1.Cl. The second-order valence-electron chi connectivity index (χ2n) is 4.15. The molecule has 0 radical (unpaired) electrons. The predicted molar refractivity (Wildman–Crippen MR) is 71.4 cm³/mol. The van der Waals surface area contributed by atoms with E-state index in [9.17, 15) is 0 Å². The van der Waals surface area contributed by atoms with E-state index in [0.717, 1.165) is 0 Å². The Bertz CT molecular complexity index is 283. The summed E-state index contributed by atoms with van der Waals surface area (Å²) in [5.74, 6) is 0. The second kappa shape index (κ2) is 6.55. The molecule has 1 aliphatic heterocycles. The first-order chi connectivity index (χ1) is 7.31. The molecule has 0 amide bonds. The highest BCUT2D eigenvalue weighted by molar-refractivity contribution is 7.09. The first kappa shape index (κ1) is 13.9. The van der Waals surface area contributed by atoms with Crippen LogP contribution in [0.25, 0.3) is 0 Å². The van der Waals surface area contributed by atoms with Crippen molar-refractivity contribution < 1.29 is 0 Å². The lowest BCUT2D eigenvalue weighted by Gasteiger charge is -2.35. The molecular formula is C11H20ClN3S. The minimum Gasteiger partial charge on any atom is -0.317 e. The van der Waals surface area contributed by atoms with Gasteiger partial charge in [0.05, 0.1) is 6.04 Å². The molecule has 92 valence electrons. The van der Waals surface area contributed by atoms with Gasteiger partial charge in [-0.2, -0.15) is 0 Å². The molecule has 2 heterocycles. The zero-order chi connectivity index (χ0) is 10.7. The van der Waals surface area contributed by atoms with Gasteiger partial charge in [-0.05, 0) is 26.8 Å². The van der Waals surface area contributed by atoms with Crippen LogP contribution in [-0.2, 0) is 0 Å². The van der Waals surface area contributed by atoms with Gasteiger partial charge in [-0.3, -0.25) is 4.90 Å². The Kier molecular flexibility index (Phi) is 5.69. The van der Waals surface area contributed by atoms with Crippen LogP contribution in [0.15, 0.2) is 11.6 Å². The van der Waals surface area contributed by atoms with Crippen LogP contribution < -0.4 is 5.32 Å². The van der Waals surface area contributed by atoms with Crippen LogP contribution in [0.4, 0.5) is 0 Å². The van der Waals surface area contributed by atoms with Crippen LogP contribution in [0.5, 0.6) is 0 Å². The van der Waals surface area contributed by atoms with Crippen LogP contribution in [0.1, 0.15) is 30.8 Å². The number of aromatic nitrogens is 1. The molecule has 1 N–H and O–H groups in total. The summed E-state index contributed by atoms with van der Waals surface area (Å²) in [6.45, 7) is 4.64. The molecular weight excluding hydrogens is 242 g/mol. The van der Waals surface area contributed by atoms with E-state index in [2.05, 4.69) is 34.6 Å². The number of nitrogens with one attached hydrogen (secondary N) is 1. The predicted octanol–water partition coefficient (Wildman–Crippen LogP) is 2.31. The summed E-state index contributed by atoms with van der Waals surface area (Å²) >= 11 is 1.76. The van der Waals surface area contributed by atoms with Gasteiger partial charge in [0, 0.05) is 30.7 Å². The monoisotopic (exact) mass is 261 g/mol. The van der Waals surface area contributed by atoms with E-state index in [4.69, 9.17) is 0 Å². The molecule has 0 bridgehead atoms. The summed E-state index contributed by atoms with van der Waals surface area (Å²) in [4.78, 5) is 6.93. The smallest absolute Gasteiger partial charge is 0.109 e. The van der Waals surface area contributed by atoms with E-state index in [1.807, 2.05) is 6.20 Å². The minimum atomic E-state index is 0. The van der Waals surface area contributed by atoms with Crippen molar-refractivity contribution in [2.45, 2.75) is 31.8 Å². The van der Waals surface area contributed by atoms with Gasteiger partial charge in [-0.15, -0.1) is 23.7 Å². The average molecular weight is 262 g/mol. The van der Waals surface area contributed by atoms with Crippen molar-refractivity contribution >= 4 is 23.7 Å². The molecule has 16 heavy (non-hydrogen) atoms. The molecule has 2 rings (SSSR count). The number of hydrogen-bond donors (Lipinski definition) is 1. The lowest BCUT2D eigenvalue weighted by atomic mass is 10.0. The normalized spacial score (nSPS) is 20.4. The average Bonchev–Trinajstić information content (AvgIpc) is 2.82. The fourth-order valence-electron chi connectivity index (χ4n) is 2.17. The zero-order valence-corrected chi connectivity index (χ0v) is 11.5. The Morgan fingerprint density at radius 2 is 2.19 bits per heavy atom. The van der Waals surface area contributed by atoms with Gasteiger partial charge in [0.15, 0.2) is 0 Å². The zero-order valence-electron chi connectivity index (χ0n) is 9.85. The molecule has 3 nitrogen and oxygen atoms in total. The van der Waals surface area contributed by atoms with Crippen molar-refractivity contribution in [2.75, 3.05) is 20.1 Å². The van der Waals surface area contributed by atoms with Crippen LogP contribution in [0, 0.1) is 0 Å². The Balaban J connectivity index is 0.00000128. The van der Waals surface area contributed by atoms with E-state index in [1.54, 1.807) is 11.3 Å². The molecule has 0 aromatic carbocycles. The van der Waals surface area contributed by atoms with Crippen molar-refractivity contribution in [1.82, 2.24) is 15.2 Å². The molecule has 0 spiro atoms. The molecule has 1 unspecified atom stereocenters. The van der Waals surface area contributed by atoms with E-state index in [-0.39, 0.29) is 12.4 Å². The summed E-state index contributed by atoms with van der Waals surface area (Å²) in [6.07, 6.45) is 4.41. The highest BCUT2D eigenvalue weighted by atomic mass is 35.5. The summed E-state index contributed by atoms with van der Waals surface area (Å²) in [5, 5.41) is 6.67. The number of piperidine rings is 1. The summed E-state index contributed by atoms with van der Waals surface area (Å²) in [6, 6.07) is 1.20. The lowest BCUT2D eigenvalue weighted by Crippen LogP contribution is -2.42. The highest BCUT2D eigenvalue weighted by Crippen LogP contribution is 2.25.